The molecule has 0 aliphatic heterocycles. The molecule has 0 unspecified atom stereocenters. The Morgan fingerprint density at radius 3 is 1.29 bits per heavy atom. The maximum Gasteiger partial charge on any atom is 0.0721 e. The monoisotopic (exact) mass is 576 g/mol. The van der Waals surface area contributed by atoms with Crippen LogP contribution in [0.25, 0.3) is 21.5 Å². The van der Waals surface area contributed by atoms with Crippen molar-refractivity contribution in [1.29, 1.82) is 0 Å². The molecule has 0 saturated heterocycles. The predicted octanol–water partition coefficient (Wildman–Crippen LogP) is 5.25. The van der Waals surface area contributed by atoms with Gasteiger partial charge in [-0.1, -0.05) is 84.9 Å². The second-order valence-electron chi connectivity index (χ2n) is 9.07. The molecule has 4 aromatic carbocycles. The van der Waals surface area contributed by atoms with Crippen LogP contribution in [-0.4, -0.2) is 33.1 Å². The molecular formula is C30H32O4Sn. The summed E-state index contributed by atoms with van der Waals surface area (Å²) >= 11 is 0.0709. The van der Waals surface area contributed by atoms with Gasteiger partial charge in [-0.2, -0.15) is 0 Å². The molecule has 0 aliphatic carbocycles. The standard InChI is InChI=1S/2C11H8O2.2C4H9.Sn/c2*12-11(13)10-7-3-5-8-4-1-2-6-9(8)10;2*1-4(2)3;/h2*1-7H,(H,12,13);2*4H,1H2,2-3H3;/q;;;;+2/p-2. The number of rotatable bonds is 6. The number of carbonyl (C=O) groups excluding carboxylic acids is 2. The van der Waals surface area contributed by atoms with Crippen molar-refractivity contribution < 1.29 is 19.8 Å². The van der Waals surface area contributed by atoms with Gasteiger partial charge in [0.1, 0.15) is 0 Å². The zero-order chi connectivity index (χ0) is 25.8. The first-order valence-electron chi connectivity index (χ1n) is 11.8. The van der Waals surface area contributed by atoms with Crippen LogP contribution in [0.1, 0.15) is 48.4 Å². The molecular weight excluding hydrogens is 543 g/mol. The maximum absolute atomic E-state index is 10.7. The fourth-order valence-corrected chi connectivity index (χ4v) is 7.24. The van der Waals surface area contributed by atoms with Crippen molar-refractivity contribution in [2.45, 2.75) is 36.6 Å². The largest absolute Gasteiger partial charge is 0.545 e. The average molecular weight is 575 g/mol. The quantitative estimate of drug-likeness (QED) is 0.295. The Balaban J connectivity index is 0.000000190. The van der Waals surface area contributed by atoms with Crippen molar-refractivity contribution in [2.75, 3.05) is 0 Å². The minimum atomic E-state index is -1.13. The van der Waals surface area contributed by atoms with Gasteiger partial charge in [-0.25, -0.2) is 0 Å². The topological polar surface area (TPSA) is 80.3 Å². The van der Waals surface area contributed by atoms with Crippen LogP contribution >= 0.6 is 0 Å². The van der Waals surface area contributed by atoms with E-state index in [9.17, 15) is 19.8 Å². The van der Waals surface area contributed by atoms with E-state index in [-0.39, 0.29) is 32.3 Å². The summed E-state index contributed by atoms with van der Waals surface area (Å²) in [5.41, 5.74) is 0.496. The smallest absolute Gasteiger partial charge is 0.0721 e. The van der Waals surface area contributed by atoms with E-state index in [0.29, 0.717) is 0 Å². The van der Waals surface area contributed by atoms with E-state index in [2.05, 4.69) is 27.7 Å². The second kappa shape index (κ2) is 14.5. The molecule has 4 rings (SSSR count). The molecule has 0 saturated carbocycles. The molecule has 5 heteroatoms. The molecule has 0 aromatic heterocycles. The molecule has 4 nitrogen and oxygen atoms in total. The molecule has 0 fully saturated rings. The Hall–Kier alpha value is -2.86. The van der Waals surface area contributed by atoms with Crippen LogP contribution in [0.5, 0.6) is 0 Å². The second-order valence-corrected chi connectivity index (χ2v) is 12.8. The number of carboxylic acid groups (broad SMARTS) is 2. The number of carboxylic acids is 2. The summed E-state index contributed by atoms with van der Waals surface area (Å²) in [7, 11) is 0. The third-order valence-corrected chi connectivity index (χ3v) is 11.4. The minimum Gasteiger partial charge on any atom is -0.545 e. The normalized spacial score (nSPS) is 10.2. The van der Waals surface area contributed by atoms with Gasteiger partial charge in [0.25, 0.3) is 0 Å². The van der Waals surface area contributed by atoms with Crippen molar-refractivity contribution in [3.05, 3.63) is 96.1 Å². The molecule has 180 valence electrons. The molecule has 0 bridgehead atoms. The predicted molar refractivity (Wildman–Crippen MR) is 142 cm³/mol. The minimum absolute atomic E-state index is 0.0709. The number of aromatic carboxylic acids is 2. The van der Waals surface area contributed by atoms with Gasteiger partial charge in [0, 0.05) is 11.1 Å². The van der Waals surface area contributed by atoms with Gasteiger partial charge < -0.3 is 19.8 Å². The first kappa shape index (κ1) is 28.4. The van der Waals surface area contributed by atoms with Crippen LogP contribution in [-0.2, 0) is 0 Å². The summed E-state index contributed by atoms with van der Waals surface area (Å²) in [5.74, 6) is -0.320. The van der Waals surface area contributed by atoms with Crippen molar-refractivity contribution in [2.24, 2.45) is 11.8 Å². The molecule has 4 aromatic rings. The summed E-state index contributed by atoms with van der Waals surface area (Å²) < 4.78 is 3.14. The number of hydrogen-bond donors (Lipinski definition) is 0. The fourth-order valence-electron chi connectivity index (χ4n) is 3.47. The van der Waals surface area contributed by atoms with E-state index in [1.54, 1.807) is 45.3 Å². The van der Waals surface area contributed by atoms with Crippen molar-refractivity contribution in [3.8, 4) is 0 Å². The summed E-state index contributed by atoms with van der Waals surface area (Å²) in [6.07, 6.45) is 0. The van der Waals surface area contributed by atoms with E-state index in [4.69, 9.17) is 0 Å². The van der Waals surface area contributed by atoms with E-state index in [1.807, 2.05) is 48.5 Å². The summed E-state index contributed by atoms with van der Waals surface area (Å²) in [4.78, 5) is 21.4. The molecule has 0 N–H and O–H groups in total. The first-order chi connectivity index (χ1) is 16.7. The van der Waals surface area contributed by atoms with Gasteiger partial charge in [0.2, 0.25) is 0 Å². The van der Waals surface area contributed by atoms with Crippen LogP contribution in [0, 0.1) is 11.8 Å². The van der Waals surface area contributed by atoms with Gasteiger partial charge in [0.05, 0.1) is 11.9 Å². The number of benzene rings is 4. The summed E-state index contributed by atoms with van der Waals surface area (Å²) in [6.45, 7) is 9.34. The average Bonchev–Trinajstić information content (AvgIpc) is 2.83. The van der Waals surface area contributed by atoms with Crippen molar-refractivity contribution in [3.63, 3.8) is 0 Å². The van der Waals surface area contributed by atoms with Crippen molar-refractivity contribution >= 4 is 54.6 Å². The summed E-state index contributed by atoms with van der Waals surface area (Å²) in [5, 5.41) is 24.7. The van der Waals surface area contributed by atoms with Crippen molar-refractivity contribution in [1.82, 2.24) is 0 Å². The van der Waals surface area contributed by atoms with Crippen LogP contribution < -0.4 is 10.2 Å². The molecule has 0 spiro atoms. The van der Waals surface area contributed by atoms with Gasteiger partial charge in [-0.3, -0.25) is 0 Å². The van der Waals surface area contributed by atoms with Gasteiger partial charge in [-0.15, -0.1) is 0 Å². The van der Waals surface area contributed by atoms with E-state index >= 15 is 0 Å². The molecule has 0 amide bonds. The van der Waals surface area contributed by atoms with E-state index in [0.717, 1.165) is 33.4 Å². The third kappa shape index (κ3) is 9.36. The third-order valence-electron chi connectivity index (χ3n) is 5.12. The van der Waals surface area contributed by atoms with E-state index < -0.39 is 11.9 Å². The zero-order valence-corrected chi connectivity index (χ0v) is 23.6. The number of fused-ring (bicyclic) bond motifs is 2. The molecule has 0 atom stereocenters. The fraction of sp³-hybridized carbons (Fsp3) is 0.267. The Labute approximate surface area is 218 Å². The molecule has 0 aliphatic rings. The Bertz CT molecular complexity index is 1140. The Morgan fingerprint density at radius 1 is 0.600 bits per heavy atom. The number of hydrogen-bond acceptors (Lipinski definition) is 4. The van der Waals surface area contributed by atoms with Gasteiger partial charge in [0.15, 0.2) is 0 Å². The maximum atomic E-state index is 10.7. The zero-order valence-electron chi connectivity index (χ0n) is 20.8. The summed E-state index contributed by atoms with van der Waals surface area (Å²) in [6, 6.07) is 25.0. The number of carbonyl (C=O) groups is 2. The van der Waals surface area contributed by atoms with E-state index in [1.165, 1.54) is 0 Å². The molecule has 0 radical (unpaired) electrons. The first-order valence-corrected chi connectivity index (χ1v) is 15.8. The van der Waals surface area contributed by atoms with Crippen LogP contribution in [0.15, 0.2) is 84.9 Å². The van der Waals surface area contributed by atoms with Gasteiger partial charge in [-0.05, 0) is 21.5 Å². The van der Waals surface area contributed by atoms with Crippen LogP contribution in [0.2, 0.25) is 8.87 Å². The molecule has 0 heterocycles. The van der Waals surface area contributed by atoms with Crippen LogP contribution in [0.4, 0.5) is 0 Å². The Morgan fingerprint density at radius 2 is 0.943 bits per heavy atom. The van der Waals surface area contributed by atoms with Crippen LogP contribution in [0.3, 0.4) is 0 Å². The SMILES string of the molecule is CC(C)[CH2][Sn+2][CH2]C(C)C.O=C([O-])c1cccc2ccccc12.O=C([O-])c1cccc2ccccc12. The van der Waals surface area contributed by atoms with Gasteiger partial charge >= 0.3 is 69.5 Å². The Kier molecular flexibility index (Phi) is 11.8. The molecule has 35 heavy (non-hydrogen) atoms.